The van der Waals surface area contributed by atoms with E-state index in [9.17, 15) is 4.79 Å². The molecule has 3 aromatic carbocycles. The van der Waals surface area contributed by atoms with Crippen molar-refractivity contribution in [2.24, 2.45) is 5.92 Å². The summed E-state index contributed by atoms with van der Waals surface area (Å²) in [5.41, 5.74) is 7.68. The van der Waals surface area contributed by atoms with Crippen LogP contribution in [0.5, 0.6) is 0 Å². The summed E-state index contributed by atoms with van der Waals surface area (Å²) in [5.74, 6) is 1.16. The number of hydrogen-bond acceptors (Lipinski definition) is 1. The van der Waals surface area contributed by atoms with Gasteiger partial charge in [-0.15, -0.1) is 0 Å². The van der Waals surface area contributed by atoms with Crippen molar-refractivity contribution in [2.75, 3.05) is 19.6 Å². The van der Waals surface area contributed by atoms with Crippen molar-refractivity contribution in [3.05, 3.63) is 95.1 Å². The Kier molecular flexibility index (Phi) is 5.35. The first-order valence-corrected chi connectivity index (χ1v) is 11.4. The van der Waals surface area contributed by atoms with Crippen molar-refractivity contribution in [3.63, 3.8) is 0 Å². The van der Waals surface area contributed by atoms with E-state index in [0.29, 0.717) is 12.5 Å². The lowest BCUT2D eigenvalue weighted by Gasteiger charge is -2.53. The Balaban J connectivity index is 0.00000204. The number of benzene rings is 3. The van der Waals surface area contributed by atoms with Gasteiger partial charge in [0.2, 0.25) is 0 Å². The number of ketones is 1. The van der Waals surface area contributed by atoms with Gasteiger partial charge in [0.05, 0.1) is 19.6 Å². The number of piperidine rings is 3. The molecule has 31 heavy (non-hydrogen) atoms. The molecule has 4 aliphatic rings. The highest BCUT2D eigenvalue weighted by Gasteiger charge is 2.49. The summed E-state index contributed by atoms with van der Waals surface area (Å²) in [6, 6.07) is 25.9. The van der Waals surface area contributed by atoms with E-state index in [2.05, 4.69) is 42.5 Å². The smallest absolute Gasteiger partial charge is 0.167 e. The second kappa shape index (κ2) is 8.03. The number of quaternary nitrogens is 1. The second-order valence-electron chi connectivity index (χ2n) is 9.50. The van der Waals surface area contributed by atoms with Gasteiger partial charge in [-0.3, -0.25) is 4.79 Å². The van der Waals surface area contributed by atoms with Gasteiger partial charge < -0.3 is 21.5 Å². The fourth-order valence-corrected chi connectivity index (χ4v) is 6.32. The number of carbonyl (C=O) groups excluding carboxylic acids is 1. The van der Waals surface area contributed by atoms with E-state index in [-0.39, 0.29) is 22.8 Å². The Morgan fingerprint density at radius 2 is 1.42 bits per heavy atom. The SMILES string of the molecule is O=C(Cc1ccc2c(c1)C([N+]13CCC(CC1)CC3)c1ccccc1-2)c1ccccc1.[Br-]. The Labute approximate surface area is 195 Å². The molecule has 3 heteroatoms. The van der Waals surface area contributed by atoms with Crippen molar-refractivity contribution < 1.29 is 26.3 Å². The van der Waals surface area contributed by atoms with E-state index in [1.165, 1.54) is 65.6 Å². The molecular formula is C28H28BrNO. The first-order chi connectivity index (χ1) is 14.7. The maximum Gasteiger partial charge on any atom is 0.167 e. The van der Waals surface area contributed by atoms with E-state index in [0.717, 1.165) is 17.0 Å². The lowest BCUT2D eigenvalue weighted by atomic mass is 9.82. The molecule has 1 atom stereocenters. The molecule has 0 aromatic heterocycles. The quantitative estimate of drug-likeness (QED) is 0.420. The maximum atomic E-state index is 12.8. The van der Waals surface area contributed by atoms with Gasteiger partial charge in [-0.05, 0) is 47.9 Å². The van der Waals surface area contributed by atoms with Crippen LogP contribution in [0.15, 0.2) is 72.8 Å². The fourth-order valence-electron chi connectivity index (χ4n) is 6.32. The largest absolute Gasteiger partial charge is 1.00 e. The van der Waals surface area contributed by atoms with Gasteiger partial charge in [-0.2, -0.15) is 0 Å². The highest BCUT2D eigenvalue weighted by Crippen LogP contribution is 2.52. The van der Waals surface area contributed by atoms with Crippen molar-refractivity contribution in [3.8, 4) is 11.1 Å². The Morgan fingerprint density at radius 1 is 0.774 bits per heavy atom. The lowest BCUT2D eigenvalue weighted by Crippen LogP contribution is -3.00. The van der Waals surface area contributed by atoms with Crippen LogP contribution >= 0.6 is 0 Å². The molecule has 3 fully saturated rings. The first kappa shape index (κ1) is 20.7. The van der Waals surface area contributed by atoms with Gasteiger partial charge in [0.1, 0.15) is 6.04 Å². The zero-order chi connectivity index (χ0) is 20.1. The van der Waals surface area contributed by atoms with Crippen molar-refractivity contribution in [1.29, 1.82) is 0 Å². The summed E-state index contributed by atoms with van der Waals surface area (Å²) in [6.07, 6.45) is 4.60. The van der Waals surface area contributed by atoms with Gasteiger partial charge in [-0.25, -0.2) is 0 Å². The molecule has 3 saturated heterocycles. The summed E-state index contributed by atoms with van der Waals surface area (Å²) in [7, 11) is 0. The summed E-state index contributed by atoms with van der Waals surface area (Å²) < 4.78 is 1.22. The normalized spacial score (nSPS) is 25.4. The number of fused-ring (bicyclic) bond motifs is 6. The van der Waals surface area contributed by atoms with Crippen molar-refractivity contribution >= 4 is 5.78 Å². The highest BCUT2D eigenvalue weighted by molar-refractivity contribution is 5.97. The Morgan fingerprint density at radius 3 is 2.16 bits per heavy atom. The third-order valence-electron chi connectivity index (χ3n) is 7.91. The Bertz CT molecular complexity index is 1100. The monoisotopic (exact) mass is 473 g/mol. The summed E-state index contributed by atoms with van der Waals surface area (Å²) in [4.78, 5) is 12.8. The topological polar surface area (TPSA) is 17.1 Å². The summed E-state index contributed by atoms with van der Waals surface area (Å²) in [6.45, 7) is 3.91. The minimum Gasteiger partial charge on any atom is -1.00 e. The van der Waals surface area contributed by atoms with Crippen LogP contribution < -0.4 is 17.0 Å². The summed E-state index contributed by atoms with van der Waals surface area (Å²) >= 11 is 0. The molecule has 0 spiro atoms. The van der Waals surface area contributed by atoms with E-state index in [1.54, 1.807) is 0 Å². The van der Waals surface area contributed by atoms with Gasteiger partial charge >= 0.3 is 0 Å². The van der Waals surface area contributed by atoms with E-state index >= 15 is 0 Å². The summed E-state index contributed by atoms with van der Waals surface area (Å²) in [5, 5.41) is 0. The number of hydrogen-bond donors (Lipinski definition) is 0. The molecule has 0 saturated carbocycles. The molecule has 1 aliphatic carbocycles. The molecule has 2 bridgehead atoms. The highest BCUT2D eigenvalue weighted by atomic mass is 79.9. The molecule has 1 unspecified atom stereocenters. The average Bonchev–Trinajstić information content (AvgIpc) is 3.15. The standard InChI is InChI=1S/C28H28NO.BrH/c30-27(22-6-2-1-3-7-22)19-21-10-11-24-23-8-4-5-9-25(23)28(26(24)18-21)29-15-12-20(13-16-29)14-17-29;/h1-11,18,20,28H,12-17,19H2;1H/q+1;/p-1. The van der Waals surface area contributed by atoms with Crippen LogP contribution in [0.25, 0.3) is 11.1 Å². The van der Waals surface area contributed by atoms with Crippen LogP contribution in [-0.2, 0) is 6.42 Å². The van der Waals surface area contributed by atoms with E-state index in [4.69, 9.17) is 0 Å². The molecule has 2 nitrogen and oxygen atoms in total. The predicted molar refractivity (Wildman–Crippen MR) is 120 cm³/mol. The first-order valence-electron chi connectivity index (χ1n) is 11.4. The molecule has 0 N–H and O–H groups in total. The number of rotatable bonds is 4. The predicted octanol–water partition coefficient (Wildman–Crippen LogP) is 2.82. The van der Waals surface area contributed by atoms with Gasteiger partial charge in [0.15, 0.2) is 5.78 Å². The number of Topliss-reactive ketones (excluding diaryl/α,β-unsaturated/α-hetero) is 1. The molecule has 7 rings (SSSR count). The third-order valence-corrected chi connectivity index (χ3v) is 7.91. The van der Waals surface area contributed by atoms with Gasteiger partial charge in [-0.1, -0.05) is 66.7 Å². The van der Waals surface area contributed by atoms with E-state index in [1.807, 2.05) is 30.3 Å². The molecule has 3 aromatic rings. The zero-order valence-corrected chi connectivity index (χ0v) is 19.4. The van der Waals surface area contributed by atoms with Gasteiger partial charge in [0.25, 0.3) is 0 Å². The molecule has 158 valence electrons. The molecule has 0 amide bonds. The average molecular weight is 474 g/mol. The van der Waals surface area contributed by atoms with Gasteiger partial charge in [0, 0.05) is 23.1 Å². The van der Waals surface area contributed by atoms with Crippen LogP contribution in [-0.4, -0.2) is 29.9 Å². The molecular weight excluding hydrogens is 446 g/mol. The second-order valence-corrected chi connectivity index (χ2v) is 9.50. The van der Waals surface area contributed by atoms with Crippen LogP contribution in [0.1, 0.15) is 52.4 Å². The van der Waals surface area contributed by atoms with Crippen LogP contribution in [0.3, 0.4) is 0 Å². The maximum absolute atomic E-state index is 12.8. The minimum atomic E-state index is 0. The zero-order valence-electron chi connectivity index (χ0n) is 17.8. The van der Waals surface area contributed by atoms with Crippen molar-refractivity contribution in [1.82, 2.24) is 0 Å². The lowest BCUT2D eigenvalue weighted by molar-refractivity contribution is -0.965. The van der Waals surface area contributed by atoms with Crippen molar-refractivity contribution in [2.45, 2.75) is 31.7 Å². The third kappa shape index (κ3) is 3.39. The number of halogens is 1. The fraction of sp³-hybridized carbons (Fsp3) is 0.321. The molecule has 3 aliphatic heterocycles. The number of nitrogens with zero attached hydrogens (tertiary/aromatic N) is 1. The minimum absolute atomic E-state index is 0. The molecule has 0 radical (unpaired) electrons. The van der Waals surface area contributed by atoms with Crippen LogP contribution in [0.4, 0.5) is 0 Å². The van der Waals surface area contributed by atoms with E-state index < -0.39 is 0 Å². The van der Waals surface area contributed by atoms with Crippen LogP contribution in [0.2, 0.25) is 0 Å². The number of carbonyl (C=O) groups is 1. The Hall–Kier alpha value is -2.23. The molecule has 3 heterocycles. The van der Waals surface area contributed by atoms with Crippen LogP contribution in [0, 0.1) is 5.92 Å².